The average Bonchev–Trinajstić information content (AvgIpc) is 3.51. The van der Waals surface area contributed by atoms with Gasteiger partial charge < -0.3 is 15.3 Å². The van der Waals surface area contributed by atoms with Gasteiger partial charge in [0, 0.05) is 42.3 Å². The van der Waals surface area contributed by atoms with Crippen LogP contribution in [0.2, 0.25) is 10.0 Å². The first-order chi connectivity index (χ1) is 17.1. The minimum absolute atomic E-state index is 0.0240. The lowest BCUT2D eigenvalue weighted by Gasteiger charge is -2.39. The molecule has 5 rings (SSSR count). The number of hydrogen-bond donors (Lipinski definition) is 2. The van der Waals surface area contributed by atoms with E-state index in [9.17, 15) is 18.3 Å². The van der Waals surface area contributed by atoms with Crippen LogP contribution in [-0.4, -0.2) is 74.7 Å². The van der Waals surface area contributed by atoms with Crippen LogP contribution in [0, 0.1) is 0 Å². The van der Waals surface area contributed by atoms with E-state index >= 15 is 0 Å². The molecular formula is C23H26Cl2F3N7O. The molecule has 13 heteroatoms. The molecule has 194 valence electrons. The Kier molecular flexibility index (Phi) is 7.03. The maximum absolute atomic E-state index is 13.8. The predicted octanol–water partition coefficient (Wildman–Crippen LogP) is 3.95. The number of piperazine rings is 1. The zero-order valence-corrected chi connectivity index (χ0v) is 21.0. The van der Waals surface area contributed by atoms with Crippen molar-refractivity contribution in [3.05, 3.63) is 45.7 Å². The summed E-state index contributed by atoms with van der Waals surface area (Å²) < 4.78 is 42.6. The van der Waals surface area contributed by atoms with Crippen LogP contribution >= 0.6 is 23.2 Å². The van der Waals surface area contributed by atoms with Crippen LogP contribution in [0.4, 0.5) is 19.0 Å². The molecule has 0 aliphatic carbocycles. The lowest BCUT2D eigenvalue weighted by atomic mass is 10.1. The topological polar surface area (TPSA) is 82.3 Å². The fourth-order valence-electron chi connectivity index (χ4n) is 4.92. The van der Waals surface area contributed by atoms with Gasteiger partial charge in [0.15, 0.2) is 11.3 Å². The second-order valence-electron chi connectivity index (χ2n) is 9.17. The Hall–Kier alpha value is -2.18. The largest absolute Gasteiger partial charge is 0.437 e. The van der Waals surface area contributed by atoms with E-state index in [0.717, 1.165) is 19.4 Å². The van der Waals surface area contributed by atoms with Gasteiger partial charge in [-0.05, 0) is 44.0 Å². The maximum atomic E-state index is 13.8. The second kappa shape index (κ2) is 9.94. The van der Waals surface area contributed by atoms with Crippen LogP contribution < -0.4 is 10.2 Å². The Morgan fingerprint density at radius 2 is 1.92 bits per heavy atom. The average molecular weight is 544 g/mol. The van der Waals surface area contributed by atoms with Crippen molar-refractivity contribution in [2.24, 2.45) is 0 Å². The smallest absolute Gasteiger partial charge is 0.377 e. The Morgan fingerprint density at radius 1 is 1.17 bits per heavy atom. The third-order valence-corrected chi connectivity index (χ3v) is 7.47. The summed E-state index contributed by atoms with van der Waals surface area (Å²) in [6.45, 7) is 4.93. The summed E-state index contributed by atoms with van der Waals surface area (Å²) >= 11 is 12.3. The van der Waals surface area contributed by atoms with E-state index in [2.05, 4.69) is 20.4 Å². The van der Waals surface area contributed by atoms with Crippen molar-refractivity contribution in [1.82, 2.24) is 30.0 Å². The van der Waals surface area contributed by atoms with E-state index in [-0.39, 0.29) is 17.2 Å². The maximum Gasteiger partial charge on any atom is 0.437 e. The number of alkyl halides is 3. The number of nitrogens with zero attached hydrogens (tertiary/aromatic N) is 6. The standard InChI is InChI=1S/C23H26Cl2F3N7O/c1-13(15-5-4-14(24)11-16(15)25)35-21-19(20(32-35)23(26,27)28)30-12-18(31-21)33-7-9-34(10-8-33)22(36)17-3-2-6-29-17/h4-5,11-13,17,22,29,36H,2-3,6-10H2,1H3. The summed E-state index contributed by atoms with van der Waals surface area (Å²) in [6, 6.07) is 4.24. The Bertz CT molecular complexity index is 1240. The molecule has 3 aromatic rings. The zero-order chi connectivity index (χ0) is 25.6. The summed E-state index contributed by atoms with van der Waals surface area (Å²) in [4.78, 5) is 12.7. The second-order valence-corrected chi connectivity index (χ2v) is 10.0. The van der Waals surface area contributed by atoms with Crippen molar-refractivity contribution in [2.45, 2.75) is 44.3 Å². The van der Waals surface area contributed by atoms with Crippen LogP contribution in [0.1, 0.15) is 37.1 Å². The van der Waals surface area contributed by atoms with Crippen molar-refractivity contribution >= 4 is 40.2 Å². The monoisotopic (exact) mass is 543 g/mol. The number of aliphatic hydroxyl groups excluding tert-OH is 1. The number of hydrogen-bond acceptors (Lipinski definition) is 7. The van der Waals surface area contributed by atoms with Crippen molar-refractivity contribution in [2.75, 3.05) is 37.6 Å². The molecule has 2 N–H and O–H groups in total. The predicted molar refractivity (Wildman–Crippen MR) is 131 cm³/mol. The summed E-state index contributed by atoms with van der Waals surface area (Å²) in [7, 11) is 0. The van der Waals surface area contributed by atoms with E-state index in [4.69, 9.17) is 23.2 Å². The molecule has 0 amide bonds. The van der Waals surface area contributed by atoms with Gasteiger partial charge in [-0.2, -0.15) is 18.3 Å². The highest BCUT2D eigenvalue weighted by Crippen LogP contribution is 2.36. The van der Waals surface area contributed by atoms with Crippen LogP contribution in [0.25, 0.3) is 11.2 Å². The Morgan fingerprint density at radius 3 is 2.56 bits per heavy atom. The molecule has 0 saturated carbocycles. The summed E-state index contributed by atoms with van der Waals surface area (Å²) in [5.74, 6) is 0.458. The summed E-state index contributed by atoms with van der Waals surface area (Å²) in [5, 5.41) is 18.6. The molecule has 36 heavy (non-hydrogen) atoms. The molecule has 2 fully saturated rings. The lowest BCUT2D eigenvalue weighted by Crippen LogP contribution is -2.55. The van der Waals surface area contributed by atoms with Gasteiger partial charge in [0.2, 0.25) is 0 Å². The molecule has 2 aromatic heterocycles. The molecule has 0 spiro atoms. The van der Waals surface area contributed by atoms with Crippen LogP contribution in [-0.2, 0) is 6.18 Å². The van der Waals surface area contributed by atoms with Crippen molar-refractivity contribution in [3.8, 4) is 0 Å². The van der Waals surface area contributed by atoms with E-state index in [1.807, 2.05) is 9.80 Å². The molecule has 1 aromatic carbocycles. The number of aromatic nitrogens is 4. The number of fused-ring (bicyclic) bond motifs is 1. The number of rotatable bonds is 5. The molecule has 4 heterocycles. The summed E-state index contributed by atoms with van der Waals surface area (Å²) in [5.41, 5.74) is -0.819. The van der Waals surface area contributed by atoms with Gasteiger partial charge in [0.1, 0.15) is 17.6 Å². The number of anilines is 1. The third kappa shape index (κ3) is 4.87. The van der Waals surface area contributed by atoms with Crippen molar-refractivity contribution in [1.29, 1.82) is 0 Å². The van der Waals surface area contributed by atoms with Gasteiger partial charge in [0.05, 0.1) is 12.2 Å². The van der Waals surface area contributed by atoms with Gasteiger partial charge in [-0.25, -0.2) is 14.6 Å². The molecule has 0 bridgehead atoms. The lowest BCUT2D eigenvalue weighted by molar-refractivity contribution is -0.140. The number of benzene rings is 1. The van der Waals surface area contributed by atoms with E-state index in [1.54, 1.807) is 19.1 Å². The van der Waals surface area contributed by atoms with Crippen molar-refractivity contribution < 1.29 is 18.3 Å². The first-order valence-electron chi connectivity index (χ1n) is 11.8. The molecular weight excluding hydrogens is 518 g/mol. The molecule has 8 nitrogen and oxygen atoms in total. The van der Waals surface area contributed by atoms with Gasteiger partial charge in [-0.3, -0.25) is 4.90 Å². The molecule has 2 aliphatic heterocycles. The molecule has 3 atom stereocenters. The third-order valence-electron chi connectivity index (χ3n) is 6.91. The Labute approximate surface area is 216 Å². The molecule has 0 radical (unpaired) electrons. The van der Waals surface area contributed by atoms with Crippen molar-refractivity contribution in [3.63, 3.8) is 0 Å². The van der Waals surface area contributed by atoms with Gasteiger partial charge in [-0.15, -0.1) is 0 Å². The number of nitrogens with one attached hydrogen (secondary N) is 1. The fraction of sp³-hybridized carbons (Fsp3) is 0.522. The Balaban J connectivity index is 1.44. The fourth-order valence-corrected chi connectivity index (χ4v) is 5.49. The summed E-state index contributed by atoms with van der Waals surface area (Å²) in [6.07, 6.45) is -1.92. The normalized spacial score (nSPS) is 21.3. The van der Waals surface area contributed by atoms with Crippen LogP contribution in [0.3, 0.4) is 0 Å². The molecule has 2 saturated heterocycles. The molecule has 3 unspecified atom stereocenters. The quantitative estimate of drug-likeness (QED) is 0.504. The van der Waals surface area contributed by atoms with Gasteiger partial charge in [-0.1, -0.05) is 29.3 Å². The van der Waals surface area contributed by atoms with E-state index in [1.165, 1.54) is 16.9 Å². The van der Waals surface area contributed by atoms with E-state index < -0.39 is 24.1 Å². The highest BCUT2D eigenvalue weighted by Gasteiger charge is 2.39. The highest BCUT2D eigenvalue weighted by molar-refractivity contribution is 6.35. The highest BCUT2D eigenvalue weighted by atomic mass is 35.5. The SMILES string of the molecule is CC(c1ccc(Cl)cc1Cl)n1nc(C(F)(F)F)c2ncc(N3CCN(C(O)C4CCCN4)CC3)nc21. The molecule has 2 aliphatic rings. The van der Waals surface area contributed by atoms with Crippen LogP contribution in [0.15, 0.2) is 24.4 Å². The van der Waals surface area contributed by atoms with Crippen LogP contribution in [0.5, 0.6) is 0 Å². The first-order valence-corrected chi connectivity index (χ1v) is 12.6. The van der Waals surface area contributed by atoms with Gasteiger partial charge in [0.25, 0.3) is 0 Å². The minimum atomic E-state index is -4.70. The number of halogens is 5. The van der Waals surface area contributed by atoms with Gasteiger partial charge >= 0.3 is 6.18 Å². The van der Waals surface area contributed by atoms with E-state index in [0.29, 0.717) is 47.6 Å². The minimum Gasteiger partial charge on any atom is -0.377 e. The first kappa shape index (κ1) is 25.5. The number of aliphatic hydroxyl groups is 1. The zero-order valence-electron chi connectivity index (χ0n) is 19.5.